The van der Waals surface area contributed by atoms with Crippen molar-refractivity contribution in [2.24, 2.45) is 5.41 Å². The number of nitrogens with zero attached hydrogens (tertiary/aromatic N) is 1. The van der Waals surface area contributed by atoms with Crippen LogP contribution >= 0.6 is 0 Å². The number of ketones is 2. The smallest absolute Gasteiger partial charge is 0.166 e. The molecule has 16 heavy (non-hydrogen) atoms. The van der Waals surface area contributed by atoms with E-state index in [2.05, 4.69) is 0 Å². The van der Waals surface area contributed by atoms with Gasteiger partial charge in [-0.15, -0.1) is 0 Å². The number of hydrogen-bond acceptors (Lipinski definition) is 3. The van der Waals surface area contributed by atoms with E-state index in [4.69, 9.17) is 0 Å². The van der Waals surface area contributed by atoms with Crippen molar-refractivity contribution < 1.29 is 9.59 Å². The third kappa shape index (κ3) is 3.33. The van der Waals surface area contributed by atoms with E-state index in [1.807, 2.05) is 39.0 Å². The fourth-order valence-electron chi connectivity index (χ4n) is 1.78. The second-order valence-electron chi connectivity index (χ2n) is 5.25. The molecule has 0 N–H and O–H groups in total. The SMILES string of the molecule is CN(C)/C=C/C=C1C(=O)CC(C)(C)CC1=O. The number of rotatable bonds is 2. The summed E-state index contributed by atoms with van der Waals surface area (Å²) in [5.74, 6) is -0.0747. The average Bonchev–Trinajstić information content (AvgIpc) is 2.07. The first-order valence-corrected chi connectivity index (χ1v) is 5.43. The molecule has 0 bridgehead atoms. The van der Waals surface area contributed by atoms with Gasteiger partial charge in [0.25, 0.3) is 0 Å². The maximum absolute atomic E-state index is 11.8. The molecule has 1 aliphatic carbocycles. The molecule has 1 aliphatic rings. The molecule has 0 aromatic carbocycles. The fourth-order valence-corrected chi connectivity index (χ4v) is 1.78. The van der Waals surface area contributed by atoms with E-state index >= 15 is 0 Å². The first-order chi connectivity index (χ1) is 7.32. The Morgan fingerprint density at radius 3 is 2.06 bits per heavy atom. The minimum atomic E-state index is -0.184. The van der Waals surface area contributed by atoms with Crippen LogP contribution in [-0.4, -0.2) is 30.6 Å². The summed E-state index contributed by atoms with van der Waals surface area (Å²) in [7, 11) is 3.78. The molecule has 0 aliphatic heterocycles. The molecule has 3 heteroatoms. The van der Waals surface area contributed by atoms with Crippen LogP contribution in [0.25, 0.3) is 0 Å². The van der Waals surface area contributed by atoms with Crippen molar-refractivity contribution in [3.8, 4) is 0 Å². The Kier molecular flexibility index (Phi) is 3.68. The van der Waals surface area contributed by atoms with Gasteiger partial charge < -0.3 is 4.90 Å². The van der Waals surface area contributed by atoms with E-state index in [1.54, 1.807) is 12.2 Å². The van der Waals surface area contributed by atoms with Crippen molar-refractivity contribution in [2.75, 3.05) is 14.1 Å². The average molecular weight is 221 g/mol. The number of carbonyl (C=O) groups is 2. The van der Waals surface area contributed by atoms with Crippen molar-refractivity contribution in [3.63, 3.8) is 0 Å². The molecule has 0 spiro atoms. The highest BCUT2D eigenvalue weighted by molar-refractivity contribution is 6.22. The first kappa shape index (κ1) is 12.7. The van der Waals surface area contributed by atoms with Crippen LogP contribution in [0.4, 0.5) is 0 Å². The molecule has 1 rings (SSSR count). The van der Waals surface area contributed by atoms with Crippen LogP contribution in [0.15, 0.2) is 23.9 Å². The highest BCUT2D eigenvalue weighted by Gasteiger charge is 2.34. The summed E-state index contributed by atoms with van der Waals surface area (Å²) in [6.45, 7) is 3.91. The van der Waals surface area contributed by atoms with Gasteiger partial charge >= 0.3 is 0 Å². The van der Waals surface area contributed by atoms with Crippen LogP contribution in [0, 0.1) is 5.41 Å². The van der Waals surface area contributed by atoms with Crippen molar-refractivity contribution in [1.29, 1.82) is 0 Å². The quantitative estimate of drug-likeness (QED) is 0.528. The van der Waals surface area contributed by atoms with Gasteiger partial charge in [-0.05, 0) is 23.8 Å². The lowest BCUT2D eigenvalue weighted by Crippen LogP contribution is -2.31. The van der Waals surface area contributed by atoms with Gasteiger partial charge in [0.05, 0.1) is 5.57 Å². The summed E-state index contributed by atoms with van der Waals surface area (Å²) < 4.78 is 0. The third-order valence-electron chi connectivity index (χ3n) is 2.53. The van der Waals surface area contributed by atoms with Crippen LogP contribution < -0.4 is 0 Å². The molecule has 1 fully saturated rings. The van der Waals surface area contributed by atoms with Crippen LogP contribution in [-0.2, 0) is 9.59 Å². The normalized spacial score (nSPS) is 20.4. The van der Waals surface area contributed by atoms with Gasteiger partial charge in [0, 0.05) is 26.9 Å². The number of hydrogen-bond donors (Lipinski definition) is 0. The van der Waals surface area contributed by atoms with E-state index in [0.29, 0.717) is 18.4 Å². The molecule has 3 nitrogen and oxygen atoms in total. The molecule has 0 saturated heterocycles. The summed E-state index contributed by atoms with van der Waals surface area (Å²) in [6.07, 6.45) is 6.09. The molecule has 0 unspecified atom stereocenters. The number of Topliss-reactive ketones (excluding diaryl/α,β-unsaturated/α-hetero) is 2. The molecule has 0 heterocycles. The number of allylic oxidation sites excluding steroid dienone is 3. The van der Waals surface area contributed by atoms with Crippen molar-refractivity contribution >= 4 is 11.6 Å². The number of carbonyl (C=O) groups excluding carboxylic acids is 2. The van der Waals surface area contributed by atoms with Crippen molar-refractivity contribution in [1.82, 2.24) is 4.90 Å². The molecule has 1 saturated carbocycles. The van der Waals surface area contributed by atoms with E-state index in [1.165, 1.54) is 0 Å². The molecular formula is C13H19NO2. The topological polar surface area (TPSA) is 37.4 Å². The maximum Gasteiger partial charge on any atom is 0.166 e. The Balaban J connectivity index is 2.83. The molecule has 88 valence electrons. The standard InChI is InChI=1S/C13H19NO2/c1-13(2)8-11(15)10(12(16)9-13)6-5-7-14(3)4/h5-7H,8-9H2,1-4H3/b7-5+. The van der Waals surface area contributed by atoms with Crippen LogP contribution in [0.2, 0.25) is 0 Å². The van der Waals surface area contributed by atoms with E-state index in [9.17, 15) is 9.59 Å². The van der Waals surface area contributed by atoms with E-state index < -0.39 is 0 Å². The van der Waals surface area contributed by atoms with Gasteiger partial charge in [-0.2, -0.15) is 0 Å². The van der Waals surface area contributed by atoms with Gasteiger partial charge in [-0.25, -0.2) is 0 Å². The predicted octanol–water partition coefficient (Wildman–Crippen LogP) is 1.95. The first-order valence-electron chi connectivity index (χ1n) is 5.43. The Hall–Kier alpha value is -1.38. The van der Waals surface area contributed by atoms with Gasteiger partial charge in [0.15, 0.2) is 11.6 Å². The monoisotopic (exact) mass is 221 g/mol. The maximum atomic E-state index is 11.8. The fraction of sp³-hybridized carbons (Fsp3) is 0.538. The van der Waals surface area contributed by atoms with Crippen LogP contribution in [0.5, 0.6) is 0 Å². The second kappa shape index (κ2) is 4.64. The molecule has 0 aromatic heterocycles. The largest absolute Gasteiger partial charge is 0.383 e. The highest BCUT2D eigenvalue weighted by atomic mass is 16.1. The zero-order valence-electron chi connectivity index (χ0n) is 10.4. The molecular weight excluding hydrogens is 202 g/mol. The zero-order valence-corrected chi connectivity index (χ0v) is 10.4. The van der Waals surface area contributed by atoms with Crippen LogP contribution in [0.3, 0.4) is 0 Å². The van der Waals surface area contributed by atoms with Crippen LogP contribution in [0.1, 0.15) is 26.7 Å². The van der Waals surface area contributed by atoms with Crippen molar-refractivity contribution in [3.05, 3.63) is 23.9 Å². The zero-order chi connectivity index (χ0) is 12.3. The molecule has 0 atom stereocenters. The summed E-state index contributed by atoms with van der Waals surface area (Å²) in [5, 5.41) is 0. The minimum Gasteiger partial charge on any atom is -0.383 e. The predicted molar refractivity (Wildman–Crippen MR) is 63.9 cm³/mol. The van der Waals surface area contributed by atoms with Gasteiger partial charge in [-0.1, -0.05) is 13.8 Å². The lowest BCUT2D eigenvalue weighted by molar-refractivity contribution is -0.127. The summed E-state index contributed by atoms with van der Waals surface area (Å²) in [4.78, 5) is 25.4. The third-order valence-corrected chi connectivity index (χ3v) is 2.53. The Bertz CT molecular complexity index is 340. The highest BCUT2D eigenvalue weighted by Crippen LogP contribution is 2.33. The van der Waals surface area contributed by atoms with Gasteiger partial charge in [0.2, 0.25) is 0 Å². The molecule has 0 radical (unpaired) electrons. The summed E-state index contributed by atoms with van der Waals surface area (Å²) in [6, 6.07) is 0. The molecule has 0 amide bonds. The van der Waals surface area contributed by atoms with E-state index in [0.717, 1.165) is 0 Å². The second-order valence-corrected chi connectivity index (χ2v) is 5.25. The Labute approximate surface area is 96.8 Å². The van der Waals surface area contributed by atoms with Gasteiger partial charge in [-0.3, -0.25) is 9.59 Å². The Morgan fingerprint density at radius 2 is 1.62 bits per heavy atom. The van der Waals surface area contributed by atoms with E-state index in [-0.39, 0.29) is 17.0 Å². The van der Waals surface area contributed by atoms with Crippen molar-refractivity contribution in [2.45, 2.75) is 26.7 Å². The molecule has 0 aromatic rings. The Morgan fingerprint density at radius 1 is 1.12 bits per heavy atom. The van der Waals surface area contributed by atoms with Gasteiger partial charge in [0.1, 0.15) is 0 Å². The summed E-state index contributed by atoms with van der Waals surface area (Å²) in [5.41, 5.74) is 0.161. The minimum absolute atomic E-state index is 0.0374. The lowest BCUT2D eigenvalue weighted by Gasteiger charge is -2.28. The summed E-state index contributed by atoms with van der Waals surface area (Å²) >= 11 is 0. The lowest BCUT2D eigenvalue weighted by atomic mass is 9.74.